The van der Waals surface area contributed by atoms with Gasteiger partial charge in [-0.1, -0.05) is 59.9 Å². The van der Waals surface area contributed by atoms with Crippen molar-refractivity contribution in [3.05, 3.63) is 135 Å². The van der Waals surface area contributed by atoms with Gasteiger partial charge in [-0.2, -0.15) is 13.2 Å². The number of methoxy groups -OCH3 is 1. The maximum atomic E-state index is 15.4. The quantitative estimate of drug-likeness (QED) is 0.0940. The topological polar surface area (TPSA) is 54.8 Å². The molecular formula is C41H40F5N3O3S. The molecule has 4 aromatic carbocycles. The molecule has 2 heterocycles. The first-order valence-corrected chi connectivity index (χ1v) is 16.7. The maximum Gasteiger partial charge on any atom is 0.416 e. The SMILES string of the molecule is [2H]c1c([2H])c(F)c(F)c(CSc2c([2H])c(=O)c3c([2H])c(C)c([2H])c([2H])c3n2C([2H])([2H])C(=O)N(Cc2c([2H])c([2H])c(-c3c([2H])c([2H])c(C(F)(F)F)c([2H])c3[2H])c([2H])c2[2H])C2CCN(CC([2H])([2H])OC)CC2)c1[2H]. The zero-order valence-electron chi connectivity index (χ0n) is 46.9. The van der Waals surface area contributed by atoms with E-state index in [9.17, 15) is 25.1 Å². The Morgan fingerprint density at radius 2 is 1.66 bits per heavy atom. The summed E-state index contributed by atoms with van der Waals surface area (Å²) in [6.45, 7) is -6.14. The molecule has 278 valence electrons. The predicted molar refractivity (Wildman–Crippen MR) is 198 cm³/mol. The summed E-state index contributed by atoms with van der Waals surface area (Å²) < 4.78 is 240. The minimum Gasteiger partial charge on any atom is -0.383 e. The van der Waals surface area contributed by atoms with Gasteiger partial charge in [-0.3, -0.25) is 9.59 Å². The van der Waals surface area contributed by atoms with Crippen LogP contribution in [0.25, 0.3) is 22.0 Å². The number of halogens is 5. The maximum absolute atomic E-state index is 15.4. The average molecular weight is 769 g/mol. The van der Waals surface area contributed by atoms with Crippen LogP contribution in [-0.2, 0) is 34.5 Å². The molecule has 6 nitrogen and oxygen atoms in total. The van der Waals surface area contributed by atoms with E-state index in [0.29, 0.717) is 4.57 Å². The fourth-order valence-corrected chi connectivity index (χ4v) is 6.27. The third-order valence-electron chi connectivity index (χ3n) is 8.05. The molecule has 6 rings (SSSR count). The number of piperidine rings is 1. The Labute approximate surface area is 335 Å². The number of amides is 1. The van der Waals surface area contributed by atoms with Crippen molar-refractivity contribution in [2.45, 2.75) is 55.8 Å². The number of hydrogen-bond donors (Lipinski definition) is 0. The number of benzene rings is 4. The standard InChI is InChI=1S/C41H40F5N3O3S/c1-27-6-15-36-34(22-27)37(50)23-39(53-26-31-4-3-5-35(42)40(31)43)49(36)25-38(51)48(33-16-18-47(19-17-33)20-21-52-2)24-28-7-9-29(10-8-28)30-11-13-32(14-12-30)41(44,45)46/h3-15,22-23,33H,16-21,24-26H2,1-2H3/i3D,4D,5D,6D,7D,8D,9D,10D,11D,12D,13D,14D,15D,21D2,22D,23D,25D2. The van der Waals surface area contributed by atoms with Gasteiger partial charge < -0.3 is 19.1 Å². The van der Waals surface area contributed by atoms with Gasteiger partial charge in [-0.25, -0.2) is 8.78 Å². The molecule has 0 aliphatic carbocycles. The highest BCUT2D eigenvalue weighted by molar-refractivity contribution is 7.98. The first-order chi connectivity index (χ1) is 33.2. The largest absolute Gasteiger partial charge is 0.416 e. The van der Waals surface area contributed by atoms with E-state index in [1.165, 1.54) is 6.92 Å². The van der Waals surface area contributed by atoms with E-state index in [1.807, 2.05) is 0 Å². The van der Waals surface area contributed by atoms with Crippen molar-refractivity contribution in [1.29, 1.82) is 0 Å². The number of alkyl halides is 3. The fraction of sp³-hybridized carbons (Fsp3) is 0.317. The lowest BCUT2D eigenvalue weighted by Gasteiger charge is -2.39. The van der Waals surface area contributed by atoms with Crippen LogP contribution >= 0.6 is 11.8 Å². The van der Waals surface area contributed by atoms with Crippen molar-refractivity contribution in [1.82, 2.24) is 14.4 Å². The normalized spacial score (nSPS) is 19.8. The van der Waals surface area contributed by atoms with Gasteiger partial charge in [0.15, 0.2) is 17.1 Å². The summed E-state index contributed by atoms with van der Waals surface area (Å²) in [5.41, 5.74) is -8.09. The Bertz CT molecular complexity index is 3070. The van der Waals surface area contributed by atoms with Gasteiger partial charge in [0.2, 0.25) is 5.91 Å². The van der Waals surface area contributed by atoms with Gasteiger partial charge in [0.25, 0.3) is 0 Å². The zero-order valence-corrected chi connectivity index (χ0v) is 28.7. The lowest BCUT2D eigenvalue weighted by Crippen LogP contribution is -2.48. The number of pyridine rings is 1. The number of likely N-dealkylation sites (tertiary alicyclic amines) is 1. The lowest BCUT2D eigenvalue weighted by atomic mass is 10.00. The summed E-state index contributed by atoms with van der Waals surface area (Å²) >= 11 is 0.154. The second-order valence-corrected chi connectivity index (χ2v) is 12.6. The Kier molecular flexibility index (Phi) is 6.54. The Balaban J connectivity index is 1.60. The van der Waals surface area contributed by atoms with Gasteiger partial charge in [0, 0.05) is 62.1 Å². The number of rotatable bonds is 12. The van der Waals surface area contributed by atoms with E-state index < -0.39 is 195 Å². The van der Waals surface area contributed by atoms with Crippen molar-refractivity contribution in [2.24, 2.45) is 0 Å². The number of carbonyl (C=O) groups is 1. The summed E-state index contributed by atoms with van der Waals surface area (Å²) in [5.74, 6) is -6.29. The third-order valence-corrected chi connectivity index (χ3v) is 9.04. The van der Waals surface area contributed by atoms with E-state index in [4.69, 9.17) is 28.0 Å². The predicted octanol–water partition coefficient (Wildman–Crippen LogP) is 8.71. The number of thioether (sulfide) groups is 1. The zero-order chi connectivity index (χ0) is 54.3. The molecule has 0 unspecified atom stereocenters. The van der Waals surface area contributed by atoms with E-state index in [1.54, 1.807) is 4.90 Å². The van der Waals surface area contributed by atoms with Crippen molar-refractivity contribution in [2.75, 3.05) is 33.3 Å². The van der Waals surface area contributed by atoms with Crippen LogP contribution in [-0.4, -0.2) is 59.6 Å². The van der Waals surface area contributed by atoms with Crippen LogP contribution in [0.15, 0.2) is 100 Å². The van der Waals surface area contributed by atoms with E-state index in [0.717, 1.165) is 12.0 Å². The molecule has 12 heteroatoms. The number of fused-ring (bicyclic) bond motifs is 1. The number of ether oxygens (including phenoxy) is 1. The second-order valence-electron chi connectivity index (χ2n) is 11.6. The molecule has 53 heavy (non-hydrogen) atoms. The lowest BCUT2D eigenvalue weighted by molar-refractivity contribution is -0.137. The second kappa shape index (κ2) is 16.7. The number of aromatic nitrogens is 1. The minimum absolute atomic E-state index is 0.0301. The number of nitrogens with zero attached hydrogens (tertiary/aromatic N) is 3. The molecule has 1 aromatic heterocycles. The van der Waals surface area contributed by atoms with E-state index >= 15 is 9.18 Å². The highest BCUT2D eigenvalue weighted by Gasteiger charge is 2.31. The van der Waals surface area contributed by atoms with E-state index in [-0.39, 0.29) is 49.8 Å². The summed E-state index contributed by atoms with van der Waals surface area (Å²) in [6, 6.07) is -18.4. The van der Waals surface area contributed by atoms with Gasteiger partial charge in [0.1, 0.15) is 6.50 Å². The van der Waals surface area contributed by atoms with Gasteiger partial charge in [-0.05, 0) is 66.7 Å². The van der Waals surface area contributed by atoms with Crippen LogP contribution in [0, 0.1) is 18.6 Å². The van der Waals surface area contributed by atoms with Crippen LogP contribution in [0.5, 0.6) is 0 Å². The first kappa shape index (κ1) is 20.8. The molecule has 1 amide bonds. The van der Waals surface area contributed by atoms with Crippen molar-refractivity contribution >= 4 is 28.6 Å². The Hall–Kier alpha value is -4.52. The molecule has 1 aliphatic heterocycles. The molecule has 1 saturated heterocycles. The summed E-state index contributed by atoms with van der Waals surface area (Å²) in [4.78, 5) is 31.7. The number of carbonyl (C=O) groups excluding carboxylic acids is 1. The highest BCUT2D eigenvalue weighted by Crippen LogP contribution is 2.32. The molecular weight excluding hydrogens is 710 g/mol. The van der Waals surface area contributed by atoms with Crippen molar-refractivity contribution in [3.8, 4) is 11.1 Å². The minimum atomic E-state index is -5.38. The van der Waals surface area contributed by atoms with Gasteiger partial charge in [-0.15, -0.1) is 11.8 Å². The van der Waals surface area contributed by atoms with Crippen LogP contribution < -0.4 is 5.43 Å². The molecule has 0 radical (unpaired) electrons. The highest BCUT2D eigenvalue weighted by atomic mass is 32.2. The van der Waals surface area contributed by atoms with Crippen molar-refractivity contribution < 1.29 is 57.5 Å². The van der Waals surface area contributed by atoms with Gasteiger partial charge in [0.05, 0.1) is 48.7 Å². The molecule has 1 aliphatic rings. The third kappa shape index (κ3) is 9.17. The van der Waals surface area contributed by atoms with Crippen LogP contribution in [0.4, 0.5) is 22.0 Å². The van der Waals surface area contributed by atoms with Gasteiger partial charge >= 0.3 is 6.18 Å². The summed E-state index contributed by atoms with van der Waals surface area (Å²) in [7, 11) is 1.12. The van der Waals surface area contributed by atoms with Crippen LogP contribution in [0.2, 0.25) is 0 Å². The smallest absolute Gasteiger partial charge is 0.383 e. The molecule has 0 N–H and O–H groups in total. The monoisotopic (exact) mass is 768 g/mol. The molecule has 0 spiro atoms. The Morgan fingerprint density at radius 3 is 2.32 bits per heavy atom. The average Bonchev–Trinajstić information content (AvgIpc) is 3.31. The molecule has 0 atom stereocenters. The Morgan fingerprint density at radius 1 is 0.981 bits per heavy atom. The van der Waals surface area contributed by atoms with Crippen LogP contribution in [0.3, 0.4) is 0 Å². The van der Waals surface area contributed by atoms with Crippen LogP contribution in [0.1, 0.15) is 61.1 Å². The molecule has 1 fully saturated rings. The van der Waals surface area contributed by atoms with Crippen molar-refractivity contribution in [3.63, 3.8) is 0 Å². The number of hydrogen-bond acceptors (Lipinski definition) is 5. The molecule has 0 bridgehead atoms. The first-order valence-electron chi connectivity index (χ1n) is 25.3. The van der Waals surface area contributed by atoms with E-state index in [2.05, 4.69) is 0 Å². The summed E-state index contributed by atoms with van der Waals surface area (Å²) in [6.07, 6.45) is -5.66. The summed E-state index contributed by atoms with van der Waals surface area (Å²) in [5, 5.41) is -1.74. The fourth-order valence-electron chi connectivity index (χ4n) is 5.36. The molecule has 5 aromatic rings. The molecule has 0 saturated carbocycles.